The first-order valence-corrected chi connectivity index (χ1v) is 13.6. The number of nitrogens with two attached hydrogens (primary N) is 2. The van der Waals surface area contributed by atoms with E-state index in [0.717, 1.165) is 22.9 Å². The lowest BCUT2D eigenvalue weighted by molar-refractivity contribution is -0.143. The molecule has 2 rings (SSSR count). The number of benzene rings is 1. The van der Waals surface area contributed by atoms with Crippen LogP contribution in [-0.2, 0) is 25.6 Å². The Hall–Kier alpha value is -3.44. The fourth-order valence-corrected chi connectivity index (χ4v) is 4.39. The molecule has 0 bridgehead atoms. The van der Waals surface area contributed by atoms with Gasteiger partial charge in [0.25, 0.3) is 0 Å². The summed E-state index contributed by atoms with van der Waals surface area (Å²) < 4.78 is 0. The monoisotopic (exact) mass is 544 g/mol. The number of fused-ring (bicyclic) bond motifs is 1. The maximum Gasteiger partial charge on any atom is 0.326 e. The van der Waals surface area contributed by atoms with Gasteiger partial charge in [-0.15, -0.1) is 0 Å². The summed E-state index contributed by atoms with van der Waals surface area (Å²) in [6.07, 6.45) is 4.10. The Morgan fingerprint density at radius 3 is 2.18 bits per heavy atom. The number of carboxylic acid groups (broad SMARTS) is 1. The van der Waals surface area contributed by atoms with Crippen LogP contribution in [0.1, 0.15) is 58.9 Å². The van der Waals surface area contributed by atoms with Crippen molar-refractivity contribution in [1.29, 1.82) is 0 Å². The number of hydrogen-bond donors (Lipinski definition) is 7. The molecule has 11 nitrogen and oxygen atoms in total. The molecular weight excluding hydrogens is 500 g/mol. The Kier molecular flexibility index (Phi) is 12.4. The van der Waals surface area contributed by atoms with Crippen molar-refractivity contribution < 1.29 is 24.3 Å². The number of rotatable bonds is 16. The van der Waals surface area contributed by atoms with Gasteiger partial charge in [0.2, 0.25) is 17.7 Å². The van der Waals surface area contributed by atoms with Crippen molar-refractivity contribution in [2.24, 2.45) is 23.3 Å². The third kappa shape index (κ3) is 9.67. The number of hydrogen-bond acceptors (Lipinski definition) is 6. The summed E-state index contributed by atoms with van der Waals surface area (Å²) in [4.78, 5) is 54.5. The van der Waals surface area contributed by atoms with Gasteiger partial charge in [0.1, 0.15) is 18.1 Å². The molecule has 11 heteroatoms. The summed E-state index contributed by atoms with van der Waals surface area (Å²) in [5, 5.41) is 18.6. The number of para-hydroxylation sites is 1. The minimum Gasteiger partial charge on any atom is -0.480 e. The van der Waals surface area contributed by atoms with Crippen LogP contribution in [0.15, 0.2) is 30.5 Å². The average Bonchev–Trinajstić information content (AvgIpc) is 3.28. The summed E-state index contributed by atoms with van der Waals surface area (Å²) in [6, 6.07) is 3.64. The summed E-state index contributed by atoms with van der Waals surface area (Å²) in [6.45, 7) is 7.73. The standard InChI is InChI=1S/C28H44N6O5/c1-16(2)13-22(32-25(35)20(30)10-7-8-12-29)26(36)33-23(27(37)34-24(17(3)4)28(38)39)14-18-15-31-21-11-6-5-9-19(18)21/h5-6,9,11,15-17,20,22-24,31H,7-8,10,12-14,29-30H2,1-4H3,(H,32,35)(H,33,36)(H,34,37)(H,38,39)/t20-,22-,23-,24-/m0/s1. The van der Waals surface area contributed by atoms with Crippen LogP contribution in [-0.4, -0.2) is 64.5 Å². The molecule has 0 unspecified atom stereocenters. The van der Waals surface area contributed by atoms with Crippen LogP contribution >= 0.6 is 0 Å². The molecule has 0 fully saturated rings. The van der Waals surface area contributed by atoms with Crippen molar-refractivity contribution in [2.75, 3.05) is 6.54 Å². The maximum atomic E-state index is 13.5. The van der Waals surface area contributed by atoms with Gasteiger partial charge >= 0.3 is 5.97 Å². The van der Waals surface area contributed by atoms with Crippen molar-refractivity contribution in [3.05, 3.63) is 36.0 Å². The molecule has 0 aliphatic carbocycles. The normalized spacial score (nSPS) is 14.6. The zero-order chi connectivity index (χ0) is 29.1. The molecule has 1 aromatic carbocycles. The molecule has 4 atom stereocenters. The smallest absolute Gasteiger partial charge is 0.326 e. The minimum absolute atomic E-state index is 0.0627. The predicted octanol–water partition coefficient (Wildman–Crippen LogP) is 1.41. The van der Waals surface area contributed by atoms with Crippen LogP contribution in [0.4, 0.5) is 0 Å². The van der Waals surface area contributed by atoms with Gasteiger partial charge in [0, 0.05) is 23.5 Å². The Morgan fingerprint density at radius 2 is 1.56 bits per heavy atom. The highest BCUT2D eigenvalue weighted by atomic mass is 16.4. The third-order valence-corrected chi connectivity index (χ3v) is 6.61. The van der Waals surface area contributed by atoms with Gasteiger partial charge in [-0.25, -0.2) is 4.79 Å². The molecule has 0 spiro atoms. The number of unbranched alkanes of at least 4 members (excludes halogenated alkanes) is 1. The topological polar surface area (TPSA) is 192 Å². The lowest BCUT2D eigenvalue weighted by Crippen LogP contribution is -2.58. The van der Waals surface area contributed by atoms with E-state index in [9.17, 15) is 24.3 Å². The minimum atomic E-state index is -1.16. The number of carbonyl (C=O) groups excluding carboxylic acids is 3. The first-order chi connectivity index (χ1) is 18.4. The van der Waals surface area contributed by atoms with E-state index >= 15 is 0 Å². The number of aromatic nitrogens is 1. The summed E-state index contributed by atoms with van der Waals surface area (Å²) in [5.41, 5.74) is 13.2. The van der Waals surface area contributed by atoms with Crippen molar-refractivity contribution in [3.8, 4) is 0 Å². The van der Waals surface area contributed by atoms with E-state index in [1.165, 1.54) is 0 Å². The van der Waals surface area contributed by atoms with E-state index in [-0.39, 0.29) is 18.3 Å². The Labute approximate surface area is 229 Å². The molecule has 2 aromatic rings. The molecule has 0 saturated heterocycles. The number of H-pyrrole nitrogens is 1. The second-order valence-corrected chi connectivity index (χ2v) is 10.8. The second-order valence-electron chi connectivity index (χ2n) is 10.8. The summed E-state index contributed by atoms with van der Waals surface area (Å²) >= 11 is 0. The van der Waals surface area contributed by atoms with Crippen molar-refractivity contribution in [2.45, 2.75) is 84.0 Å². The van der Waals surface area contributed by atoms with E-state index in [1.807, 2.05) is 38.1 Å². The van der Waals surface area contributed by atoms with Gasteiger partial charge in [-0.05, 0) is 49.3 Å². The summed E-state index contributed by atoms with van der Waals surface area (Å²) in [5.74, 6) is -3.08. The van der Waals surface area contributed by atoms with Crippen molar-refractivity contribution >= 4 is 34.6 Å². The van der Waals surface area contributed by atoms with Crippen LogP contribution in [0, 0.1) is 11.8 Å². The SMILES string of the molecule is CC(C)C[C@H](NC(=O)[C@@H](N)CCCCN)C(=O)N[C@@H](Cc1c[nH]c2ccccc12)C(=O)N[C@H](C(=O)O)C(C)C. The number of nitrogens with one attached hydrogen (secondary N) is 4. The molecule has 0 aliphatic rings. The second kappa shape index (κ2) is 15.2. The van der Waals surface area contributed by atoms with Gasteiger partial charge in [-0.2, -0.15) is 0 Å². The van der Waals surface area contributed by atoms with Gasteiger partial charge in [-0.3, -0.25) is 14.4 Å². The Balaban J connectivity index is 2.28. The number of carbonyl (C=O) groups is 4. The van der Waals surface area contributed by atoms with Crippen molar-refractivity contribution in [1.82, 2.24) is 20.9 Å². The highest BCUT2D eigenvalue weighted by Gasteiger charge is 2.32. The highest BCUT2D eigenvalue weighted by Crippen LogP contribution is 2.20. The van der Waals surface area contributed by atoms with Crippen LogP contribution in [0.5, 0.6) is 0 Å². The van der Waals surface area contributed by atoms with Crippen molar-refractivity contribution in [3.63, 3.8) is 0 Å². The molecule has 0 radical (unpaired) electrons. The van der Waals surface area contributed by atoms with Gasteiger partial charge < -0.3 is 37.5 Å². The number of amides is 3. The van der Waals surface area contributed by atoms with Crippen LogP contribution < -0.4 is 27.4 Å². The maximum absolute atomic E-state index is 13.5. The molecule has 3 amide bonds. The Morgan fingerprint density at radius 1 is 0.923 bits per heavy atom. The molecular formula is C28H44N6O5. The highest BCUT2D eigenvalue weighted by molar-refractivity contribution is 5.95. The summed E-state index contributed by atoms with van der Waals surface area (Å²) in [7, 11) is 0. The Bertz CT molecular complexity index is 1110. The lowest BCUT2D eigenvalue weighted by atomic mass is 9.99. The van der Waals surface area contributed by atoms with E-state index < -0.39 is 47.9 Å². The number of aliphatic carboxylic acids is 1. The molecule has 0 saturated carbocycles. The van der Waals surface area contributed by atoms with Gasteiger partial charge in [-0.1, -0.05) is 52.3 Å². The lowest BCUT2D eigenvalue weighted by Gasteiger charge is -2.26. The first-order valence-electron chi connectivity index (χ1n) is 13.6. The van der Waals surface area contributed by atoms with E-state index in [2.05, 4.69) is 20.9 Å². The zero-order valence-corrected chi connectivity index (χ0v) is 23.3. The zero-order valence-electron chi connectivity index (χ0n) is 23.3. The third-order valence-electron chi connectivity index (χ3n) is 6.61. The average molecular weight is 545 g/mol. The number of carboxylic acids is 1. The fourth-order valence-electron chi connectivity index (χ4n) is 4.39. The molecule has 39 heavy (non-hydrogen) atoms. The van der Waals surface area contributed by atoms with Crippen LogP contribution in [0.3, 0.4) is 0 Å². The largest absolute Gasteiger partial charge is 0.480 e. The number of aromatic amines is 1. The fraction of sp³-hybridized carbons (Fsp3) is 0.571. The van der Waals surface area contributed by atoms with Crippen LogP contribution in [0.2, 0.25) is 0 Å². The van der Waals surface area contributed by atoms with E-state index in [0.29, 0.717) is 25.8 Å². The van der Waals surface area contributed by atoms with Gasteiger partial charge in [0.05, 0.1) is 6.04 Å². The molecule has 9 N–H and O–H groups in total. The quantitative estimate of drug-likeness (QED) is 0.155. The molecule has 1 heterocycles. The van der Waals surface area contributed by atoms with Crippen LogP contribution in [0.25, 0.3) is 10.9 Å². The molecule has 216 valence electrons. The van der Waals surface area contributed by atoms with E-state index in [4.69, 9.17) is 11.5 Å². The molecule has 1 aromatic heterocycles. The first kappa shape index (κ1) is 31.8. The predicted molar refractivity (Wildman–Crippen MR) is 151 cm³/mol. The van der Waals surface area contributed by atoms with Gasteiger partial charge in [0.15, 0.2) is 0 Å². The van der Waals surface area contributed by atoms with E-state index in [1.54, 1.807) is 20.0 Å². The molecule has 0 aliphatic heterocycles.